The molecule has 3 heteroatoms. The number of hydrogen-bond donors (Lipinski definition) is 1. The van der Waals surface area contributed by atoms with Crippen LogP contribution in [-0.2, 0) is 4.79 Å². The molecule has 66 valence electrons. The van der Waals surface area contributed by atoms with Crippen LogP contribution in [0.3, 0.4) is 0 Å². The molecule has 0 aliphatic rings. The molecule has 0 aromatic heterocycles. The zero-order valence-corrected chi connectivity index (χ0v) is 9.57. The highest BCUT2D eigenvalue weighted by Gasteiger charge is 2.12. The second kappa shape index (κ2) is 4.95. The van der Waals surface area contributed by atoms with Gasteiger partial charge in [-0.25, -0.2) is 0 Å². The molecule has 0 rings (SSSR count). The summed E-state index contributed by atoms with van der Waals surface area (Å²) in [5.74, 6) is 0.161. The second-order valence-electron chi connectivity index (χ2n) is 3.59. The van der Waals surface area contributed by atoms with Crippen molar-refractivity contribution >= 4 is 28.5 Å². The molecule has 0 atom stereocenters. The Kier molecular flexibility index (Phi) is 5.04. The smallest absolute Gasteiger partial charge is 0.220 e. The third-order valence-electron chi connectivity index (χ3n) is 1.05. The van der Waals surface area contributed by atoms with Gasteiger partial charge in [-0.1, -0.05) is 22.6 Å². The standard InChI is InChI=1S/C8H16INO/c1-8(2,3)10-7(11)5-4-6-9/h4-6H2,1-3H3,(H,10,11). The van der Waals surface area contributed by atoms with Gasteiger partial charge in [0.25, 0.3) is 0 Å². The van der Waals surface area contributed by atoms with Crippen LogP contribution in [0.1, 0.15) is 33.6 Å². The topological polar surface area (TPSA) is 29.1 Å². The molecule has 0 aliphatic carbocycles. The number of carbonyl (C=O) groups is 1. The van der Waals surface area contributed by atoms with E-state index in [4.69, 9.17) is 0 Å². The monoisotopic (exact) mass is 269 g/mol. The number of nitrogens with one attached hydrogen (secondary N) is 1. The van der Waals surface area contributed by atoms with Gasteiger partial charge in [0.1, 0.15) is 0 Å². The van der Waals surface area contributed by atoms with Crippen molar-refractivity contribution in [3.05, 3.63) is 0 Å². The van der Waals surface area contributed by atoms with E-state index in [0.29, 0.717) is 6.42 Å². The zero-order valence-electron chi connectivity index (χ0n) is 7.41. The van der Waals surface area contributed by atoms with E-state index in [-0.39, 0.29) is 11.4 Å². The zero-order chi connectivity index (χ0) is 8.91. The van der Waals surface area contributed by atoms with Gasteiger partial charge in [-0.15, -0.1) is 0 Å². The maximum absolute atomic E-state index is 11.1. The van der Waals surface area contributed by atoms with Crippen LogP contribution in [-0.4, -0.2) is 15.9 Å². The van der Waals surface area contributed by atoms with Gasteiger partial charge in [0.2, 0.25) is 5.91 Å². The van der Waals surface area contributed by atoms with Gasteiger partial charge in [0, 0.05) is 16.4 Å². The molecule has 0 bridgehead atoms. The van der Waals surface area contributed by atoms with Crippen LogP contribution >= 0.6 is 22.6 Å². The SMILES string of the molecule is CC(C)(C)NC(=O)CCCI. The lowest BCUT2D eigenvalue weighted by molar-refractivity contribution is -0.122. The summed E-state index contributed by atoms with van der Waals surface area (Å²) in [5, 5.41) is 2.91. The summed E-state index contributed by atoms with van der Waals surface area (Å²) in [4.78, 5) is 11.1. The molecule has 11 heavy (non-hydrogen) atoms. The van der Waals surface area contributed by atoms with Gasteiger partial charge >= 0.3 is 0 Å². The Hall–Kier alpha value is 0.200. The van der Waals surface area contributed by atoms with E-state index in [0.717, 1.165) is 10.8 Å². The fourth-order valence-electron chi connectivity index (χ4n) is 0.708. The first-order valence-corrected chi connectivity index (χ1v) is 5.35. The van der Waals surface area contributed by atoms with Crippen LogP contribution < -0.4 is 5.32 Å². The predicted octanol–water partition coefficient (Wildman–Crippen LogP) is 2.12. The van der Waals surface area contributed by atoms with Crippen LogP contribution in [0, 0.1) is 0 Å². The first kappa shape index (κ1) is 11.2. The van der Waals surface area contributed by atoms with E-state index in [1.807, 2.05) is 20.8 Å². The highest BCUT2D eigenvalue weighted by molar-refractivity contribution is 14.1. The molecular weight excluding hydrogens is 253 g/mol. The Morgan fingerprint density at radius 1 is 1.45 bits per heavy atom. The maximum atomic E-state index is 11.1. The lowest BCUT2D eigenvalue weighted by Gasteiger charge is -2.20. The van der Waals surface area contributed by atoms with Crippen LogP contribution in [0.5, 0.6) is 0 Å². The first-order valence-electron chi connectivity index (χ1n) is 3.82. The van der Waals surface area contributed by atoms with E-state index in [2.05, 4.69) is 27.9 Å². The van der Waals surface area contributed by atoms with Crippen LogP contribution in [0.4, 0.5) is 0 Å². The molecular formula is C8H16INO. The number of alkyl halides is 1. The highest BCUT2D eigenvalue weighted by Crippen LogP contribution is 2.01. The second-order valence-corrected chi connectivity index (χ2v) is 4.67. The third-order valence-corrected chi connectivity index (χ3v) is 1.81. The van der Waals surface area contributed by atoms with Gasteiger partial charge in [-0.3, -0.25) is 4.79 Å². The normalized spacial score (nSPS) is 11.3. The first-order chi connectivity index (χ1) is 4.95. The third kappa shape index (κ3) is 8.10. The summed E-state index contributed by atoms with van der Waals surface area (Å²) in [6, 6.07) is 0. The lowest BCUT2D eigenvalue weighted by Crippen LogP contribution is -2.40. The average molecular weight is 269 g/mol. The minimum absolute atomic E-state index is 0.0810. The van der Waals surface area contributed by atoms with E-state index in [1.165, 1.54) is 0 Å². The van der Waals surface area contributed by atoms with Crippen LogP contribution in [0.25, 0.3) is 0 Å². The number of carbonyl (C=O) groups excluding carboxylic acids is 1. The fourth-order valence-corrected chi connectivity index (χ4v) is 1.09. The molecule has 2 nitrogen and oxygen atoms in total. The van der Waals surface area contributed by atoms with Gasteiger partial charge in [0.15, 0.2) is 0 Å². The molecule has 0 fully saturated rings. The Labute approximate surface area is 82.3 Å². The minimum atomic E-state index is -0.0810. The summed E-state index contributed by atoms with van der Waals surface area (Å²) in [7, 11) is 0. The average Bonchev–Trinajstić information content (AvgIpc) is 1.79. The Morgan fingerprint density at radius 3 is 2.36 bits per heavy atom. The highest BCUT2D eigenvalue weighted by atomic mass is 127. The van der Waals surface area contributed by atoms with Crippen molar-refractivity contribution in [3.8, 4) is 0 Å². The summed E-state index contributed by atoms with van der Waals surface area (Å²) in [6.45, 7) is 5.98. The summed E-state index contributed by atoms with van der Waals surface area (Å²) < 4.78 is 1.05. The van der Waals surface area contributed by atoms with Crippen molar-refractivity contribution in [2.75, 3.05) is 4.43 Å². The fraction of sp³-hybridized carbons (Fsp3) is 0.875. The lowest BCUT2D eigenvalue weighted by atomic mass is 10.1. The molecule has 0 unspecified atom stereocenters. The van der Waals surface area contributed by atoms with Gasteiger partial charge in [-0.05, 0) is 27.2 Å². The van der Waals surface area contributed by atoms with Crippen molar-refractivity contribution in [3.63, 3.8) is 0 Å². The van der Waals surface area contributed by atoms with E-state index >= 15 is 0 Å². The van der Waals surface area contributed by atoms with Crippen LogP contribution in [0.2, 0.25) is 0 Å². The Morgan fingerprint density at radius 2 is 2.00 bits per heavy atom. The molecule has 0 radical (unpaired) electrons. The quantitative estimate of drug-likeness (QED) is 0.617. The van der Waals surface area contributed by atoms with Gasteiger partial charge in [0.05, 0.1) is 0 Å². The van der Waals surface area contributed by atoms with E-state index in [9.17, 15) is 4.79 Å². The van der Waals surface area contributed by atoms with Gasteiger partial charge < -0.3 is 5.32 Å². The predicted molar refractivity (Wildman–Crippen MR) is 56.0 cm³/mol. The molecule has 0 saturated heterocycles. The molecule has 0 aromatic rings. The number of rotatable bonds is 3. The summed E-state index contributed by atoms with van der Waals surface area (Å²) >= 11 is 2.28. The Bertz CT molecular complexity index is 129. The molecule has 1 N–H and O–H groups in total. The minimum Gasteiger partial charge on any atom is -0.352 e. The molecule has 0 aromatic carbocycles. The maximum Gasteiger partial charge on any atom is 0.220 e. The van der Waals surface area contributed by atoms with Gasteiger partial charge in [-0.2, -0.15) is 0 Å². The summed E-state index contributed by atoms with van der Waals surface area (Å²) in [5.41, 5.74) is -0.0810. The summed E-state index contributed by atoms with van der Waals surface area (Å²) in [6.07, 6.45) is 1.63. The molecule has 0 heterocycles. The van der Waals surface area contributed by atoms with E-state index < -0.39 is 0 Å². The van der Waals surface area contributed by atoms with Crippen molar-refractivity contribution in [1.29, 1.82) is 0 Å². The number of halogens is 1. The van der Waals surface area contributed by atoms with Crippen molar-refractivity contribution in [2.45, 2.75) is 39.2 Å². The largest absolute Gasteiger partial charge is 0.352 e. The van der Waals surface area contributed by atoms with E-state index in [1.54, 1.807) is 0 Å². The van der Waals surface area contributed by atoms with Crippen molar-refractivity contribution in [1.82, 2.24) is 5.32 Å². The molecule has 0 aliphatic heterocycles. The van der Waals surface area contributed by atoms with Crippen LogP contribution in [0.15, 0.2) is 0 Å². The number of amides is 1. The van der Waals surface area contributed by atoms with Crippen molar-refractivity contribution in [2.24, 2.45) is 0 Å². The Balaban J connectivity index is 3.53. The number of hydrogen-bond acceptors (Lipinski definition) is 1. The molecule has 0 spiro atoms. The molecule has 1 amide bonds. The molecule has 0 saturated carbocycles. The van der Waals surface area contributed by atoms with Crippen molar-refractivity contribution < 1.29 is 4.79 Å².